The normalized spacial score (nSPS) is 19.5. The molecule has 1 saturated carbocycles. The van der Waals surface area contributed by atoms with Gasteiger partial charge in [-0.25, -0.2) is 0 Å². The van der Waals surface area contributed by atoms with Crippen LogP contribution in [0.2, 0.25) is 10.0 Å². The molecule has 1 heterocycles. The Labute approximate surface area is 163 Å². The summed E-state index contributed by atoms with van der Waals surface area (Å²) in [6.07, 6.45) is 3.52. The van der Waals surface area contributed by atoms with Crippen LogP contribution in [0.5, 0.6) is 0 Å². The van der Waals surface area contributed by atoms with E-state index in [2.05, 4.69) is 0 Å². The molecule has 138 valence electrons. The average Bonchev–Trinajstić information content (AvgIpc) is 3.04. The first kappa shape index (κ1) is 20.3. The van der Waals surface area contributed by atoms with Gasteiger partial charge in [-0.15, -0.1) is 12.4 Å². The Bertz CT molecular complexity index is 655. The fourth-order valence-electron chi connectivity index (χ4n) is 3.49. The van der Waals surface area contributed by atoms with E-state index in [1.165, 1.54) is 0 Å². The number of carbonyl (C=O) groups is 2. The summed E-state index contributed by atoms with van der Waals surface area (Å²) >= 11 is 12.1. The van der Waals surface area contributed by atoms with E-state index in [4.69, 9.17) is 28.9 Å². The third kappa shape index (κ3) is 4.05. The van der Waals surface area contributed by atoms with Crippen LogP contribution in [0.4, 0.5) is 0 Å². The zero-order chi connectivity index (χ0) is 17.3. The van der Waals surface area contributed by atoms with Gasteiger partial charge >= 0.3 is 0 Å². The third-order valence-corrected chi connectivity index (χ3v) is 5.78. The minimum absolute atomic E-state index is 0. The molecular formula is C17H22Cl3N3O2. The Morgan fingerprint density at radius 3 is 2.16 bits per heavy atom. The van der Waals surface area contributed by atoms with Crippen molar-refractivity contribution in [1.82, 2.24) is 9.80 Å². The highest BCUT2D eigenvalue weighted by atomic mass is 35.5. The quantitative estimate of drug-likeness (QED) is 0.821. The molecule has 5 nitrogen and oxygen atoms in total. The highest BCUT2D eigenvalue weighted by Crippen LogP contribution is 2.30. The molecule has 8 heteroatoms. The molecule has 0 atom stereocenters. The number of hydrogen-bond acceptors (Lipinski definition) is 3. The van der Waals surface area contributed by atoms with Gasteiger partial charge in [-0.3, -0.25) is 9.59 Å². The molecule has 1 aromatic carbocycles. The second-order valence-electron chi connectivity index (χ2n) is 6.55. The highest BCUT2D eigenvalue weighted by Gasteiger charge is 2.40. The lowest BCUT2D eigenvalue weighted by atomic mass is 9.97. The number of nitrogens with two attached hydrogens (primary N) is 1. The van der Waals surface area contributed by atoms with Gasteiger partial charge in [-0.05, 0) is 25.0 Å². The predicted octanol–water partition coefficient (Wildman–Crippen LogP) is 2.97. The van der Waals surface area contributed by atoms with Crippen molar-refractivity contribution >= 4 is 47.4 Å². The van der Waals surface area contributed by atoms with Crippen molar-refractivity contribution in [2.75, 3.05) is 26.2 Å². The fourth-order valence-corrected chi connectivity index (χ4v) is 3.87. The highest BCUT2D eigenvalue weighted by molar-refractivity contribution is 6.43. The van der Waals surface area contributed by atoms with Crippen LogP contribution >= 0.6 is 35.6 Å². The molecule has 3 rings (SSSR count). The monoisotopic (exact) mass is 405 g/mol. The summed E-state index contributed by atoms with van der Waals surface area (Å²) in [7, 11) is 0. The van der Waals surface area contributed by atoms with Gasteiger partial charge in [0.1, 0.15) is 0 Å². The molecule has 2 amide bonds. The first-order valence-corrected chi connectivity index (χ1v) is 8.99. The summed E-state index contributed by atoms with van der Waals surface area (Å²) in [5, 5.41) is 0.636. The summed E-state index contributed by atoms with van der Waals surface area (Å²) in [5.74, 6) is -0.134. The van der Waals surface area contributed by atoms with Gasteiger partial charge in [-0.2, -0.15) is 0 Å². The van der Waals surface area contributed by atoms with Gasteiger partial charge in [0.15, 0.2) is 0 Å². The molecule has 0 aromatic heterocycles. The van der Waals surface area contributed by atoms with Gasteiger partial charge in [0.2, 0.25) is 5.91 Å². The SMILES string of the molecule is Cl.NC1(C(=O)N2CCN(C(=O)c3cccc(Cl)c3Cl)CC2)CCCC1. The summed E-state index contributed by atoms with van der Waals surface area (Å²) in [4.78, 5) is 28.7. The number of carbonyl (C=O) groups excluding carboxylic acids is 2. The Morgan fingerprint density at radius 2 is 1.56 bits per heavy atom. The van der Waals surface area contributed by atoms with Crippen LogP contribution in [-0.4, -0.2) is 53.3 Å². The van der Waals surface area contributed by atoms with Gasteiger partial charge in [0.25, 0.3) is 5.91 Å². The molecule has 0 spiro atoms. The molecule has 1 saturated heterocycles. The summed E-state index contributed by atoms with van der Waals surface area (Å²) in [6, 6.07) is 5.03. The topological polar surface area (TPSA) is 66.6 Å². The first-order valence-electron chi connectivity index (χ1n) is 8.24. The number of nitrogens with zero attached hydrogens (tertiary/aromatic N) is 2. The van der Waals surface area contributed by atoms with Gasteiger partial charge in [0.05, 0.1) is 21.1 Å². The molecule has 0 bridgehead atoms. The van der Waals surface area contributed by atoms with E-state index in [1.807, 2.05) is 0 Å². The fraction of sp³-hybridized carbons (Fsp3) is 0.529. The molecule has 25 heavy (non-hydrogen) atoms. The van der Waals surface area contributed by atoms with Crippen molar-refractivity contribution in [3.63, 3.8) is 0 Å². The van der Waals surface area contributed by atoms with Crippen LogP contribution < -0.4 is 5.73 Å². The van der Waals surface area contributed by atoms with Crippen molar-refractivity contribution in [2.24, 2.45) is 5.73 Å². The minimum Gasteiger partial charge on any atom is -0.338 e. The maximum absolute atomic E-state index is 12.6. The molecule has 1 aromatic rings. The lowest BCUT2D eigenvalue weighted by Gasteiger charge is -2.38. The van der Waals surface area contributed by atoms with E-state index in [0.29, 0.717) is 36.8 Å². The maximum Gasteiger partial charge on any atom is 0.255 e. The standard InChI is InChI=1S/C17H21Cl2N3O2.ClH/c18-13-5-3-4-12(14(13)19)15(23)21-8-10-22(11-9-21)16(24)17(20)6-1-2-7-17;/h3-5H,1-2,6-11,20H2;1H. The van der Waals surface area contributed by atoms with Crippen LogP contribution in [-0.2, 0) is 4.79 Å². The number of halogens is 3. The van der Waals surface area contributed by atoms with Gasteiger partial charge < -0.3 is 15.5 Å². The number of benzene rings is 1. The Kier molecular flexibility index (Phi) is 6.60. The van der Waals surface area contributed by atoms with Crippen molar-refractivity contribution < 1.29 is 9.59 Å². The smallest absolute Gasteiger partial charge is 0.255 e. The van der Waals surface area contributed by atoms with Gasteiger partial charge in [-0.1, -0.05) is 42.1 Å². The van der Waals surface area contributed by atoms with Crippen LogP contribution in [0.25, 0.3) is 0 Å². The zero-order valence-electron chi connectivity index (χ0n) is 13.8. The van der Waals surface area contributed by atoms with Crippen LogP contribution in [0.15, 0.2) is 18.2 Å². The second kappa shape index (κ2) is 8.12. The van der Waals surface area contributed by atoms with Crippen molar-refractivity contribution in [1.29, 1.82) is 0 Å². The summed E-state index contributed by atoms with van der Waals surface area (Å²) in [6.45, 7) is 1.95. The third-order valence-electron chi connectivity index (χ3n) is 4.96. The molecule has 0 unspecified atom stereocenters. The lowest BCUT2D eigenvalue weighted by Crippen LogP contribution is -2.59. The number of rotatable bonds is 2. The Balaban J connectivity index is 0.00000225. The number of piperazine rings is 1. The number of amides is 2. The molecule has 2 fully saturated rings. The van der Waals surface area contributed by atoms with E-state index in [0.717, 1.165) is 25.7 Å². The molecule has 1 aliphatic heterocycles. The largest absolute Gasteiger partial charge is 0.338 e. The van der Waals surface area contributed by atoms with E-state index in [1.54, 1.807) is 28.0 Å². The maximum atomic E-state index is 12.6. The molecular weight excluding hydrogens is 385 g/mol. The minimum atomic E-state index is -0.706. The average molecular weight is 407 g/mol. The molecule has 2 aliphatic rings. The van der Waals surface area contributed by atoms with Gasteiger partial charge in [0, 0.05) is 26.2 Å². The molecule has 1 aliphatic carbocycles. The zero-order valence-corrected chi connectivity index (χ0v) is 16.2. The summed E-state index contributed by atoms with van der Waals surface area (Å²) < 4.78 is 0. The molecule has 0 radical (unpaired) electrons. The number of hydrogen-bond donors (Lipinski definition) is 1. The van der Waals surface area contributed by atoms with Crippen molar-refractivity contribution in [2.45, 2.75) is 31.2 Å². The lowest BCUT2D eigenvalue weighted by molar-refractivity contribution is -0.138. The van der Waals surface area contributed by atoms with Crippen LogP contribution in [0.3, 0.4) is 0 Å². The van der Waals surface area contributed by atoms with Crippen molar-refractivity contribution in [3.8, 4) is 0 Å². The van der Waals surface area contributed by atoms with E-state index < -0.39 is 5.54 Å². The van der Waals surface area contributed by atoms with E-state index in [9.17, 15) is 9.59 Å². The second-order valence-corrected chi connectivity index (χ2v) is 7.33. The molecule has 2 N–H and O–H groups in total. The Morgan fingerprint density at radius 1 is 1.00 bits per heavy atom. The first-order chi connectivity index (χ1) is 11.4. The predicted molar refractivity (Wildman–Crippen MR) is 102 cm³/mol. The summed E-state index contributed by atoms with van der Waals surface area (Å²) in [5.41, 5.74) is 5.94. The van der Waals surface area contributed by atoms with Crippen LogP contribution in [0, 0.1) is 0 Å². The Hall–Kier alpha value is -1.01. The van der Waals surface area contributed by atoms with Crippen molar-refractivity contribution in [3.05, 3.63) is 33.8 Å². The van der Waals surface area contributed by atoms with E-state index >= 15 is 0 Å². The van der Waals surface area contributed by atoms with Crippen LogP contribution in [0.1, 0.15) is 36.0 Å². The van der Waals surface area contributed by atoms with E-state index in [-0.39, 0.29) is 29.2 Å².